The van der Waals surface area contributed by atoms with Crippen LogP contribution in [-0.2, 0) is 24.4 Å². The van der Waals surface area contributed by atoms with E-state index in [1.165, 1.54) is 17.0 Å². The number of ether oxygens (including phenoxy) is 1. The first-order valence-corrected chi connectivity index (χ1v) is 19.9. The summed E-state index contributed by atoms with van der Waals surface area (Å²) in [5, 5.41) is 12.5. The van der Waals surface area contributed by atoms with Gasteiger partial charge in [-0.1, -0.05) is 25.0 Å². The fraction of sp³-hybridized carbons (Fsp3) is 0.600. The zero-order valence-electron chi connectivity index (χ0n) is 29.5. The number of hydrogen-bond acceptors (Lipinski definition) is 9. The molecule has 5 atom stereocenters. The van der Waals surface area contributed by atoms with Crippen LogP contribution in [0.25, 0.3) is 11.0 Å². The molecule has 2 aliphatic heterocycles. The van der Waals surface area contributed by atoms with E-state index in [-0.39, 0.29) is 37.2 Å². The number of benzene rings is 1. The van der Waals surface area contributed by atoms with Gasteiger partial charge in [0.05, 0.1) is 17.3 Å². The lowest BCUT2D eigenvalue weighted by atomic mass is 9.98. The molecule has 4 amide bonds. The van der Waals surface area contributed by atoms with Gasteiger partial charge in [-0.25, -0.2) is 27.6 Å². The van der Waals surface area contributed by atoms with Gasteiger partial charge in [-0.15, -0.1) is 0 Å². The van der Waals surface area contributed by atoms with Crippen LogP contribution < -0.4 is 14.8 Å². The summed E-state index contributed by atoms with van der Waals surface area (Å²) in [5.41, 5.74) is -1.51. The summed E-state index contributed by atoms with van der Waals surface area (Å²) in [6.07, 6.45) is 5.47. The number of allylic oxidation sites excluding steroid dienone is 1. The molecule has 0 bridgehead atoms. The van der Waals surface area contributed by atoms with Crippen LogP contribution in [-0.4, -0.2) is 98.2 Å². The first-order chi connectivity index (χ1) is 24.4. The molecule has 14 nitrogen and oxygen atoms in total. The summed E-state index contributed by atoms with van der Waals surface area (Å²) in [7, 11) is -3.92. The van der Waals surface area contributed by atoms with Crippen molar-refractivity contribution < 1.29 is 41.8 Å². The molecule has 1 aromatic heterocycles. The molecule has 282 valence electrons. The van der Waals surface area contributed by atoms with Crippen molar-refractivity contribution in [2.75, 3.05) is 6.54 Å². The molecule has 1 saturated heterocycles. The van der Waals surface area contributed by atoms with Gasteiger partial charge in [0.1, 0.15) is 40.8 Å². The van der Waals surface area contributed by atoms with Gasteiger partial charge in [0.15, 0.2) is 0 Å². The molecule has 1 aromatic carbocycles. The fourth-order valence-corrected chi connectivity index (χ4v) is 9.12. The van der Waals surface area contributed by atoms with Crippen molar-refractivity contribution in [2.45, 2.75) is 120 Å². The highest BCUT2D eigenvalue weighted by Crippen LogP contribution is 2.46. The van der Waals surface area contributed by atoms with Gasteiger partial charge in [-0.2, -0.15) is 0 Å². The largest absolute Gasteiger partial charge is 0.471 e. The van der Waals surface area contributed by atoms with Crippen molar-refractivity contribution in [3.8, 4) is 5.88 Å². The topological polar surface area (TPSA) is 188 Å². The number of amides is 4. The Kier molecular flexibility index (Phi) is 10.3. The zero-order valence-corrected chi connectivity index (χ0v) is 31.9. The van der Waals surface area contributed by atoms with Crippen LogP contribution >= 0.6 is 15.9 Å². The predicted octanol–water partition coefficient (Wildman–Crippen LogP) is 4.34. The minimum atomic E-state index is -3.92. The lowest BCUT2D eigenvalue weighted by Crippen LogP contribution is -2.60. The summed E-state index contributed by atoms with van der Waals surface area (Å²) < 4.78 is 48.7. The minimum absolute atomic E-state index is 0.0581. The summed E-state index contributed by atoms with van der Waals surface area (Å²) in [6, 6.07) is 0.133. The second-order valence-corrected chi connectivity index (χ2v) is 18.0. The number of carboxylic acid groups (broad SMARTS) is 1. The van der Waals surface area contributed by atoms with Gasteiger partial charge in [0, 0.05) is 28.4 Å². The normalized spacial score (nSPS) is 27.2. The number of halogens is 2. The standard InChI is InChI=1S/C35H44BrFN6O8S/c1-19-30(39-25-15-21(37)14-24(36)28(25)38-19)51-22-16-27-29(44)40-35(32(46)41-52(49,50)23-12-13-23)17-20(35)10-8-6-5-7-9-11-26(31(45)42(27)18-22)43(33(47)48)34(2,3)4/h8,10,14-15,20,22-23,26-27H,5-7,9,11-13,16-18H2,1-4H3,(H,40,44)(H,41,46)(H,47,48)/t20-,22-,26+,27+,35-/m1/s1. The number of fused-ring (bicyclic) bond motifs is 3. The van der Waals surface area contributed by atoms with Gasteiger partial charge >= 0.3 is 6.09 Å². The van der Waals surface area contributed by atoms with Crippen molar-refractivity contribution in [2.24, 2.45) is 5.92 Å². The average molecular weight is 808 g/mol. The maximum atomic E-state index is 14.6. The predicted molar refractivity (Wildman–Crippen MR) is 191 cm³/mol. The van der Waals surface area contributed by atoms with Crippen LogP contribution in [0.5, 0.6) is 5.88 Å². The van der Waals surface area contributed by atoms with E-state index in [0.717, 1.165) is 11.3 Å². The Morgan fingerprint density at radius 2 is 1.88 bits per heavy atom. The molecular formula is C35H44BrFN6O8S. The molecule has 2 aliphatic carbocycles. The molecule has 17 heteroatoms. The average Bonchev–Trinajstić information content (AvgIpc) is 3.96. The molecule has 3 N–H and O–H groups in total. The Morgan fingerprint density at radius 3 is 2.56 bits per heavy atom. The van der Waals surface area contributed by atoms with Crippen LogP contribution in [0.15, 0.2) is 28.8 Å². The Hall–Kier alpha value is -3.86. The van der Waals surface area contributed by atoms with Crippen molar-refractivity contribution >= 4 is 60.8 Å². The maximum absolute atomic E-state index is 14.6. The van der Waals surface area contributed by atoms with Crippen LogP contribution in [0.3, 0.4) is 0 Å². The molecule has 4 aliphatic rings. The number of aryl methyl sites for hydroxylation is 1. The van der Waals surface area contributed by atoms with Crippen molar-refractivity contribution in [1.82, 2.24) is 29.8 Å². The summed E-state index contributed by atoms with van der Waals surface area (Å²) in [6.45, 7) is 6.62. The van der Waals surface area contributed by atoms with Gasteiger partial charge in [-0.05, 0) is 88.2 Å². The molecule has 0 spiro atoms. The molecule has 3 fully saturated rings. The van der Waals surface area contributed by atoms with E-state index in [2.05, 4.69) is 35.9 Å². The van der Waals surface area contributed by atoms with E-state index >= 15 is 0 Å². The number of carbonyl (C=O) groups excluding carboxylic acids is 3. The SMILES string of the molecule is Cc1nc2c(Br)cc(F)cc2nc1O[C@@H]1C[C@H]2C(=O)N[C@]3(C(=O)NS(=O)(=O)C4CC4)C[C@H]3C=CCCCCC[C@H](N(C(=O)O)C(C)(C)C)C(=O)N2C1. The number of nitrogens with zero attached hydrogens (tertiary/aromatic N) is 4. The van der Waals surface area contributed by atoms with Gasteiger partial charge < -0.3 is 20.1 Å². The van der Waals surface area contributed by atoms with E-state index in [0.29, 0.717) is 47.8 Å². The van der Waals surface area contributed by atoms with E-state index in [1.807, 2.05) is 12.2 Å². The Balaban J connectivity index is 1.36. The highest BCUT2D eigenvalue weighted by atomic mass is 79.9. The lowest BCUT2D eigenvalue weighted by molar-refractivity contribution is -0.144. The van der Waals surface area contributed by atoms with Crippen molar-refractivity contribution in [3.63, 3.8) is 0 Å². The number of nitrogens with one attached hydrogen (secondary N) is 2. The van der Waals surface area contributed by atoms with Gasteiger partial charge in [0.25, 0.3) is 5.91 Å². The van der Waals surface area contributed by atoms with E-state index < -0.39 is 80.1 Å². The van der Waals surface area contributed by atoms with Crippen molar-refractivity contribution in [3.05, 3.63) is 40.3 Å². The molecule has 3 heterocycles. The number of sulfonamides is 1. The Bertz CT molecular complexity index is 1940. The van der Waals surface area contributed by atoms with Gasteiger partial charge in [-0.3, -0.25) is 24.0 Å². The third-order valence-corrected chi connectivity index (χ3v) is 12.6. The lowest BCUT2D eigenvalue weighted by Gasteiger charge is -2.41. The van der Waals surface area contributed by atoms with Crippen LogP contribution in [0.1, 0.15) is 84.3 Å². The monoisotopic (exact) mass is 806 g/mol. The Labute approximate surface area is 310 Å². The number of rotatable bonds is 6. The Morgan fingerprint density at radius 1 is 1.15 bits per heavy atom. The highest BCUT2D eigenvalue weighted by molar-refractivity contribution is 9.10. The molecule has 6 rings (SSSR count). The fourth-order valence-electron chi connectivity index (χ4n) is 7.24. The molecule has 52 heavy (non-hydrogen) atoms. The molecule has 0 unspecified atom stereocenters. The highest BCUT2D eigenvalue weighted by Gasteiger charge is 2.62. The number of aromatic nitrogens is 2. The van der Waals surface area contributed by atoms with E-state index in [4.69, 9.17) is 4.74 Å². The molecule has 2 aromatic rings. The summed E-state index contributed by atoms with van der Waals surface area (Å²) in [5.74, 6) is -3.07. The maximum Gasteiger partial charge on any atom is 0.408 e. The number of hydrogen-bond donors (Lipinski definition) is 3. The van der Waals surface area contributed by atoms with Crippen molar-refractivity contribution in [1.29, 1.82) is 0 Å². The van der Waals surface area contributed by atoms with Crippen LogP contribution in [0.2, 0.25) is 0 Å². The third-order valence-electron chi connectivity index (χ3n) is 10.2. The van der Waals surface area contributed by atoms with Gasteiger partial charge in [0.2, 0.25) is 27.7 Å². The smallest absolute Gasteiger partial charge is 0.408 e. The number of carbonyl (C=O) groups is 4. The first-order valence-electron chi connectivity index (χ1n) is 17.6. The van der Waals surface area contributed by atoms with E-state index in [9.17, 15) is 37.1 Å². The second-order valence-electron chi connectivity index (χ2n) is 15.2. The summed E-state index contributed by atoms with van der Waals surface area (Å²) >= 11 is 3.31. The first kappa shape index (κ1) is 37.9. The zero-order chi connectivity index (χ0) is 37.7. The van der Waals surface area contributed by atoms with Crippen LogP contribution in [0.4, 0.5) is 9.18 Å². The molecule has 0 radical (unpaired) electrons. The molecular weight excluding hydrogens is 763 g/mol. The quantitative estimate of drug-likeness (QED) is 0.355. The third kappa shape index (κ3) is 7.75. The summed E-state index contributed by atoms with van der Waals surface area (Å²) in [4.78, 5) is 66.8. The van der Waals surface area contributed by atoms with E-state index in [1.54, 1.807) is 27.7 Å². The van der Waals surface area contributed by atoms with Crippen LogP contribution in [0, 0.1) is 18.7 Å². The second kappa shape index (κ2) is 14.2. The minimum Gasteiger partial charge on any atom is -0.471 e. The molecule has 2 saturated carbocycles.